The molecule has 200 valence electrons. The largest absolute Gasteiger partial charge is 0.397 e. The molecule has 0 aliphatic carbocycles. The number of nitrogens with one attached hydrogen (secondary N) is 1. The molecule has 3 N–H and O–H groups in total. The maximum absolute atomic E-state index is 13.2. The Hall–Kier alpha value is -5.37. The molecule has 0 saturated carbocycles. The van der Waals surface area contributed by atoms with Crippen molar-refractivity contribution in [3.05, 3.63) is 132 Å². The lowest BCUT2D eigenvalue weighted by Gasteiger charge is -2.18. The molecule has 0 spiro atoms. The van der Waals surface area contributed by atoms with Crippen LogP contribution in [0.2, 0.25) is 0 Å². The van der Waals surface area contributed by atoms with E-state index in [1.807, 2.05) is 42.5 Å². The van der Waals surface area contributed by atoms with E-state index < -0.39 is 0 Å². The Bertz CT molecular complexity index is 1620. The third-order valence-electron chi connectivity index (χ3n) is 6.23. The highest BCUT2D eigenvalue weighted by Crippen LogP contribution is 2.21. The van der Waals surface area contributed by atoms with Crippen molar-refractivity contribution in [3.63, 3.8) is 0 Å². The predicted octanol–water partition coefficient (Wildman–Crippen LogP) is 5.88. The summed E-state index contributed by atoms with van der Waals surface area (Å²) in [6.45, 7) is 0. The van der Waals surface area contributed by atoms with Crippen molar-refractivity contribution >= 4 is 28.9 Å². The van der Waals surface area contributed by atoms with E-state index in [-0.39, 0.29) is 19.2 Å². The standard InChI is InChI=1S/C31H26N6O2.CH4/c1-37(31(39)23-13-11-22(12-14-23)30(38)36-28-10-3-2-9-26(28)32)25-8-4-6-21(18-25)19-29-34-17-15-27(35-29)24-7-5-16-33-20-24;/h2-18,20H,19,32H2,1H3,(H,36,38);1H4. The lowest BCUT2D eigenvalue weighted by molar-refractivity contribution is 0.0989. The highest BCUT2D eigenvalue weighted by molar-refractivity contribution is 6.08. The molecule has 40 heavy (non-hydrogen) atoms. The van der Waals surface area contributed by atoms with Gasteiger partial charge in [-0.05, 0) is 72.3 Å². The zero-order chi connectivity index (χ0) is 27.2. The molecule has 2 heterocycles. The van der Waals surface area contributed by atoms with Crippen LogP contribution in [-0.2, 0) is 6.42 Å². The molecule has 0 saturated heterocycles. The van der Waals surface area contributed by atoms with E-state index in [0.29, 0.717) is 34.7 Å². The van der Waals surface area contributed by atoms with Crippen LogP contribution >= 0.6 is 0 Å². The van der Waals surface area contributed by atoms with Crippen LogP contribution < -0.4 is 16.0 Å². The topological polar surface area (TPSA) is 114 Å². The molecule has 0 radical (unpaired) electrons. The molecule has 3 aromatic carbocycles. The van der Waals surface area contributed by atoms with Gasteiger partial charge in [-0.15, -0.1) is 0 Å². The predicted molar refractivity (Wildman–Crippen MR) is 159 cm³/mol. The fourth-order valence-corrected chi connectivity index (χ4v) is 4.10. The average Bonchev–Trinajstić information content (AvgIpc) is 2.98. The monoisotopic (exact) mass is 530 g/mol. The first-order chi connectivity index (χ1) is 19.0. The minimum absolute atomic E-state index is 0. The summed E-state index contributed by atoms with van der Waals surface area (Å²) >= 11 is 0. The summed E-state index contributed by atoms with van der Waals surface area (Å²) in [4.78, 5) is 40.7. The van der Waals surface area contributed by atoms with Crippen molar-refractivity contribution in [1.29, 1.82) is 0 Å². The van der Waals surface area contributed by atoms with Crippen molar-refractivity contribution in [3.8, 4) is 11.3 Å². The zero-order valence-electron chi connectivity index (χ0n) is 21.3. The maximum atomic E-state index is 13.2. The van der Waals surface area contributed by atoms with Crippen LogP contribution in [0.3, 0.4) is 0 Å². The Labute approximate surface area is 233 Å². The first-order valence-electron chi connectivity index (χ1n) is 12.3. The van der Waals surface area contributed by atoms with E-state index in [2.05, 4.69) is 20.3 Å². The van der Waals surface area contributed by atoms with Gasteiger partial charge in [0.05, 0.1) is 17.1 Å². The number of nitrogens with two attached hydrogens (primary N) is 1. The van der Waals surface area contributed by atoms with Gasteiger partial charge in [0, 0.05) is 54.4 Å². The molecule has 0 fully saturated rings. The molecule has 5 rings (SSSR count). The van der Waals surface area contributed by atoms with Crippen LogP contribution in [0.4, 0.5) is 17.1 Å². The summed E-state index contributed by atoms with van der Waals surface area (Å²) in [6, 6.07) is 27.0. The van der Waals surface area contributed by atoms with E-state index in [4.69, 9.17) is 5.73 Å². The Kier molecular flexibility index (Phi) is 8.61. The molecule has 8 nitrogen and oxygen atoms in total. The molecule has 8 heteroatoms. The summed E-state index contributed by atoms with van der Waals surface area (Å²) in [5.74, 6) is 0.178. The van der Waals surface area contributed by atoms with Gasteiger partial charge in [-0.1, -0.05) is 31.7 Å². The molecule has 2 aromatic heterocycles. The zero-order valence-corrected chi connectivity index (χ0v) is 21.3. The van der Waals surface area contributed by atoms with Gasteiger partial charge in [-0.3, -0.25) is 14.6 Å². The quantitative estimate of drug-likeness (QED) is 0.254. The van der Waals surface area contributed by atoms with Crippen molar-refractivity contribution < 1.29 is 9.59 Å². The van der Waals surface area contributed by atoms with Gasteiger partial charge in [0.15, 0.2) is 0 Å². The number of para-hydroxylation sites is 2. The van der Waals surface area contributed by atoms with Gasteiger partial charge in [-0.25, -0.2) is 9.97 Å². The van der Waals surface area contributed by atoms with E-state index in [1.165, 1.54) is 0 Å². The van der Waals surface area contributed by atoms with Crippen LogP contribution in [-0.4, -0.2) is 33.8 Å². The van der Waals surface area contributed by atoms with Crippen LogP contribution in [0.15, 0.2) is 110 Å². The van der Waals surface area contributed by atoms with Crippen molar-refractivity contribution in [2.45, 2.75) is 13.8 Å². The SMILES string of the molecule is C.CN(C(=O)c1ccc(C(=O)Nc2ccccc2N)cc1)c1cccc(Cc2nccc(-c3cccnc3)n2)c1. The number of rotatable bonds is 7. The van der Waals surface area contributed by atoms with Gasteiger partial charge in [0.2, 0.25) is 0 Å². The van der Waals surface area contributed by atoms with E-state index in [9.17, 15) is 9.59 Å². The molecule has 0 unspecified atom stereocenters. The Morgan fingerprint density at radius 2 is 1.65 bits per heavy atom. The van der Waals surface area contributed by atoms with E-state index in [0.717, 1.165) is 22.5 Å². The number of carbonyl (C=O) groups excluding carboxylic acids is 2. The van der Waals surface area contributed by atoms with Gasteiger partial charge < -0.3 is 16.0 Å². The molecule has 0 atom stereocenters. The number of nitrogens with zero attached hydrogens (tertiary/aromatic N) is 4. The van der Waals surface area contributed by atoms with Crippen LogP contribution in [0.1, 0.15) is 39.5 Å². The number of benzene rings is 3. The number of hydrogen-bond acceptors (Lipinski definition) is 6. The number of nitrogen functional groups attached to an aromatic ring is 1. The van der Waals surface area contributed by atoms with Gasteiger partial charge in [-0.2, -0.15) is 0 Å². The van der Waals surface area contributed by atoms with Gasteiger partial charge in [0.1, 0.15) is 5.82 Å². The Balaban J connectivity index is 0.00000370. The summed E-state index contributed by atoms with van der Waals surface area (Å²) in [5, 5.41) is 2.79. The second-order valence-electron chi connectivity index (χ2n) is 8.93. The van der Waals surface area contributed by atoms with E-state index >= 15 is 0 Å². The highest BCUT2D eigenvalue weighted by Gasteiger charge is 2.16. The van der Waals surface area contributed by atoms with Crippen LogP contribution in [0.5, 0.6) is 0 Å². The second-order valence-corrected chi connectivity index (χ2v) is 8.93. The Morgan fingerprint density at radius 1 is 0.875 bits per heavy atom. The Morgan fingerprint density at radius 3 is 2.40 bits per heavy atom. The minimum atomic E-state index is -0.303. The number of anilines is 3. The van der Waals surface area contributed by atoms with Gasteiger partial charge in [0.25, 0.3) is 11.8 Å². The lowest BCUT2D eigenvalue weighted by atomic mass is 10.1. The first kappa shape index (κ1) is 27.7. The third-order valence-corrected chi connectivity index (χ3v) is 6.23. The second kappa shape index (κ2) is 12.4. The fraction of sp³-hybridized carbons (Fsp3) is 0.0938. The van der Waals surface area contributed by atoms with Crippen molar-refractivity contribution in [2.75, 3.05) is 23.0 Å². The molecule has 0 bridgehead atoms. The molecule has 0 aliphatic rings. The average molecular weight is 531 g/mol. The summed E-state index contributed by atoms with van der Waals surface area (Å²) in [7, 11) is 1.72. The maximum Gasteiger partial charge on any atom is 0.258 e. The normalized spacial score (nSPS) is 10.3. The third kappa shape index (κ3) is 6.36. The molecule has 5 aromatic rings. The highest BCUT2D eigenvalue weighted by atomic mass is 16.2. The summed E-state index contributed by atoms with van der Waals surface area (Å²) < 4.78 is 0. The van der Waals surface area contributed by atoms with Crippen LogP contribution in [0.25, 0.3) is 11.3 Å². The number of carbonyl (C=O) groups is 2. The molecular formula is C32H30N6O2. The summed E-state index contributed by atoms with van der Waals surface area (Å²) in [6.07, 6.45) is 5.75. The van der Waals surface area contributed by atoms with E-state index in [1.54, 1.807) is 79.1 Å². The first-order valence-corrected chi connectivity index (χ1v) is 12.3. The molecular weight excluding hydrogens is 500 g/mol. The molecule has 2 amide bonds. The number of aromatic nitrogens is 3. The summed E-state index contributed by atoms with van der Waals surface area (Å²) in [5.41, 5.74) is 11.3. The lowest BCUT2D eigenvalue weighted by Crippen LogP contribution is -2.26. The minimum Gasteiger partial charge on any atom is -0.397 e. The number of amides is 2. The van der Waals surface area contributed by atoms with Gasteiger partial charge >= 0.3 is 0 Å². The molecule has 0 aliphatic heterocycles. The smallest absolute Gasteiger partial charge is 0.258 e. The number of hydrogen-bond donors (Lipinski definition) is 2. The van der Waals surface area contributed by atoms with Crippen molar-refractivity contribution in [1.82, 2.24) is 15.0 Å². The van der Waals surface area contributed by atoms with Crippen LogP contribution in [0, 0.1) is 0 Å². The van der Waals surface area contributed by atoms with Crippen molar-refractivity contribution in [2.24, 2.45) is 0 Å². The fourth-order valence-electron chi connectivity index (χ4n) is 4.10. The number of pyridine rings is 1.